The summed E-state index contributed by atoms with van der Waals surface area (Å²) in [5.41, 5.74) is 19.7. The number of fused-ring (bicyclic) bond motifs is 2. The minimum absolute atomic E-state index is 0.219. The molecule has 0 spiro atoms. The first-order valence-corrected chi connectivity index (χ1v) is 12.2. The zero-order valence-corrected chi connectivity index (χ0v) is 20.5. The molecular weight excluding hydrogens is 446 g/mol. The van der Waals surface area contributed by atoms with Crippen LogP contribution in [0.2, 0.25) is 0 Å². The highest BCUT2D eigenvalue weighted by molar-refractivity contribution is 6.07. The minimum Gasteiger partial charge on any atom is -0.495 e. The van der Waals surface area contributed by atoms with E-state index in [0.29, 0.717) is 5.82 Å². The largest absolute Gasteiger partial charge is 0.495 e. The zero-order chi connectivity index (χ0) is 24.8. The van der Waals surface area contributed by atoms with Crippen LogP contribution in [0.5, 0.6) is 5.75 Å². The van der Waals surface area contributed by atoms with E-state index in [-0.39, 0.29) is 6.04 Å². The number of anilines is 1. The van der Waals surface area contributed by atoms with Gasteiger partial charge in [0.05, 0.1) is 19.0 Å². The van der Waals surface area contributed by atoms with Crippen LogP contribution in [0, 0.1) is 13.0 Å². The molecule has 0 amide bonds. The fourth-order valence-electron chi connectivity index (χ4n) is 5.36. The number of rotatable bonds is 4. The van der Waals surface area contributed by atoms with Crippen molar-refractivity contribution in [3.05, 3.63) is 84.5 Å². The average Bonchev–Trinajstić information content (AvgIpc) is 3.26. The van der Waals surface area contributed by atoms with Gasteiger partial charge in [0.25, 0.3) is 0 Å². The van der Waals surface area contributed by atoms with Gasteiger partial charge >= 0.3 is 0 Å². The van der Waals surface area contributed by atoms with Crippen molar-refractivity contribution in [2.45, 2.75) is 32.2 Å². The Morgan fingerprint density at radius 3 is 2.56 bits per heavy atom. The number of imidazole rings is 1. The van der Waals surface area contributed by atoms with E-state index in [1.54, 1.807) is 7.11 Å². The number of nitrogens with two attached hydrogens (primary N) is 2. The monoisotopic (exact) mass is 474 g/mol. The van der Waals surface area contributed by atoms with Crippen molar-refractivity contribution >= 4 is 27.7 Å². The molecule has 179 valence electrons. The SMILES string of the molecule is COc1[c]cccc1-c1ccc(-c2nc(C)n3c(C4=CCC(N)CC4)cnc(N)c23)c2ccccc12. The van der Waals surface area contributed by atoms with E-state index in [1.165, 1.54) is 5.57 Å². The molecule has 1 atom stereocenters. The molecule has 2 heterocycles. The maximum absolute atomic E-state index is 6.50. The summed E-state index contributed by atoms with van der Waals surface area (Å²) in [6.07, 6.45) is 6.85. The highest BCUT2D eigenvalue weighted by atomic mass is 16.5. The molecule has 1 aliphatic rings. The van der Waals surface area contributed by atoms with Crippen LogP contribution in [0.25, 0.3) is 44.2 Å². The van der Waals surface area contributed by atoms with E-state index < -0.39 is 0 Å². The molecule has 3 aromatic carbocycles. The van der Waals surface area contributed by atoms with Gasteiger partial charge in [-0.1, -0.05) is 60.7 Å². The summed E-state index contributed by atoms with van der Waals surface area (Å²) in [5, 5.41) is 2.20. The number of aromatic nitrogens is 3. The molecule has 1 unspecified atom stereocenters. The van der Waals surface area contributed by atoms with Crippen molar-refractivity contribution in [3.63, 3.8) is 0 Å². The minimum atomic E-state index is 0.219. The quantitative estimate of drug-likeness (QED) is 0.343. The van der Waals surface area contributed by atoms with E-state index in [1.807, 2.05) is 25.3 Å². The van der Waals surface area contributed by atoms with Crippen molar-refractivity contribution in [2.75, 3.05) is 12.8 Å². The number of ether oxygens (including phenoxy) is 1. The van der Waals surface area contributed by atoms with E-state index in [0.717, 1.165) is 75.2 Å². The average molecular weight is 475 g/mol. The Labute approximate surface area is 210 Å². The highest BCUT2D eigenvalue weighted by Gasteiger charge is 2.22. The van der Waals surface area contributed by atoms with Gasteiger partial charge in [-0.3, -0.25) is 4.40 Å². The molecule has 6 heteroatoms. The highest BCUT2D eigenvalue weighted by Crippen LogP contribution is 2.41. The molecule has 6 rings (SSSR count). The molecule has 0 fully saturated rings. The first-order valence-electron chi connectivity index (χ1n) is 12.2. The molecule has 2 aromatic heterocycles. The Hall–Kier alpha value is -4.16. The zero-order valence-electron chi connectivity index (χ0n) is 20.5. The van der Waals surface area contributed by atoms with E-state index in [9.17, 15) is 0 Å². The summed E-state index contributed by atoms with van der Waals surface area (Å²) in [4.78, 5) is 9.63. The number of hydrogen-bond acceptors (Lipinski definition) is 5. The number of methoxy groups -OCH3 is 1. The van der Waals surface area contributed by atoms with E-state index >= 15 is 0 Å². The van der Waals surface area contributed by atoms with Gasteiger partial charge in [0.15, 0.2) is 0 Å². The van der Waals surface area contributed by atoms with Gasteiger partial charge in [-0.15, -0.1) is 0 Å². The number of aryl methyl sites for hydroxylation is 1. The fourth-order valence-corrected chi connectivity index (χ4v) is 5.36. The van der Waals surface area contributed by atoms with Crippen LogP contribution in [0.4, 0.5) is 5.82 Å². The lowest BCUT2D eigenvalue weighted by Crippen LogP contribution is -2.21. The standard InChI is InChI=1S/C30H28N5O/c1-18-34-28(29-30(32)33-17-26(35(18)29)19-11-13-20(31)14-12-19)25-16-15-23(21-7-3-4-8-22(21)25)24-9-5-6-10-27(24)36-2/h3-9,11,15-17,20H,12-14,31H2,1-2H3,(H2,32,33). The van der Waals surface area contributed by atoms with Gasteiger partial charge in [0.1, 0.15) is 28.6 Å². The molecule has 36 heavy (non-hydrogen) atoms. The third kappa shape index (κ3) is 3.53. The predicted octanol–water partition coefficient (Wildman–Crippen LogP) is 5.81. The Bertz CT molecular complexity index is 1650. The number of para-hydroxylation sites is 1. The maximum Gasteiger partial charge on any atom is 0.150 e. The number of nitrogen functional groups attached to an aromatic ring is 1. The van der Waals surface area contributed by atoms with Gasteiger partial charge in [-0.05, 0) is 48.1 Å². The van der Waals surface area contributed by atoms with Crippen LogP contribution < -0.4 is 16.2 Å². The van der Waals surface area contributed by atoms with Crippen LogP contribution in [-0.4, -0.2) is 27.5 Å². The molecule has 1 aliphatic carbocycles. The second-order valence-corrected chi connectivity index (χ2v) is 9.31. The van der Waals surface area contributed by atoms with Crippen molar-refractivity contribution in [3.8, 4) is 28.1 Å². The Kier molecular flexibility index (Phi) is 5.46. The molecule has 6 nitrogen and oxygen atoms in total. The number of hydrogen-bond donors (Lipinski definition) is 2. The van der Waals surface area contributed by atoms with Crippen LogP contribution in [0.3, 0.4) is 0 Å². The van der Waals surface area contributed by atoms with Crippen molar-refractivity contribution in [1.82, 2.24) is 14.4 Å². The van der Waals surface area contributed by atoms with Crippen LogP contribution in [0.1, 0.15) is 30.8 Å². The molecule has 0 saturated carbocycles. The van der Waals surface area contributed by atoms with Crippen LogP contribution >= 0.6 is 0 Å². The van der Waals surface area contributed by atoms with E-state index in [2.05, 4.69) is 64.0 Å². The summed E-state index contributed by atoms with van der Waals surface area (Å²) >= 11 is 0. The first kappa shape index (κ1) is 22.3. The van der Waals surface area contributed by atoms with Gasteiger partial charge in [-0.2, -0.15) is 0 Å². The Balaban J connectivity index is 1.60. The summed E-state index contributed by atoms with van der Waals surface area (Å²) in [6, 6.07) is 21.9. The van der Waals surface area contributed by atoms with Gasteiger partial charge < -0.3 is 16.2 Å². The third-order valence-corrected chi connectivity index (χ3v) is 7.13. The molecule has 0 bridgehead atoms. The van der Waals surface area contributed by atoms with Gasteiger partial charge in [0, 0.05) is 23.2 Å². The lowest BCUT2D eigenvalue weighted by Gasteiger charge is -2.20. The molecule has 4 N–H and O–H groups in total. The number of nitrogens with zero attached hydrogens (tertiary/aromatic N) is 3. The smallest absolute Gasteiger partial charge is 0.150 e. The summed E-state index contributed by atoms with van der Waals surface area (Å²) < 4.78 is 7.76. The topological polar surface area (TPSA) is 91.5 Å². The van der Waals surface area contributed by atoms with Crippen molar-refractivity contribution < 1.29 is 4.74 Å². The lowest BCUT2D eigenvalue weighted by molar-refractivity contribution is 0.415. The maximum atomic E-state index is 6.50. The van der Waals surface area contributed by atoms with Crippen molar-refractivity contribution in [2.24, 2.45) is 5.73 Å². The molecule has 0 saturated heterocycles. The summed E-state index contributed by atoms with van der Waals surface area (Å²) in [5.74, 6) is 2.07. The summed E-state index contributed by atoms with van der Waals surface area (Å²) in [7, 11) is 1.68. The number of allylic oxidation sites excluding steroid dienone is 1. The second kappa shape index (κ2) is 8.81. The molecule has 5 aromatic rings. The third-order valence-electron chi connectivity index (χ3n) is 7.13. The molecule has 0 aliphatic heterocycles. The van der Waals surface area contributed by atoms with Crippen LogP contribution in [0.15, 0.2) is 66.9 Å². The molecular formula is C30H28N5O. The Morgan fingerprint density at radius 2 is 1.81 bits per heavy atom. The first-order chi connectivity index (χ1) is 17.6. The van der Waals surface area contributed by atoms with Crippen LogP contribution in [-0.2, 0) is 0 Å². The van der Waals surface area contributed by atoms with Gasteiger partial charge in [-0.25, -0.2) is 9.97 Å². The van der Waals surface area contributed by atoms with E-state index in [4.69, 9.17) is 21.2 Å². The Morgan fingerprint density at radius 1 is 1.03 bits per heavy atom. The normalized spacial score (nSPS) is 15.9. The number of benzene rings is 3. The second-order valence-electron chi connectivity index (χ2n) is 9.31. The predicted molar refractivity (Wildman–Crippen MR) is 146 cm³/mol. The fraction of sp³-hybridized carbons (Fsp3) is 0.200. The lowest BCUT2D eigenvalue weighted by atomic mass is 9.93. The molecule has 1 radical (unpaired) electrons. The van der Waals surface area contributed by atoms with Crippen molar-refractivity contribution in [1.29, 1.82) is 0 Å². The summed E-state index contributed by atoms with van der Waals surface area (Å²) in [6.45, 7) is 2.02. The van der Waals surface area contributed by atoms with Gasteiger partial charge in [0.2, 0.25) is 0 Å².